The number of rotatable bonds is 7. The molecule has 10 nitrogen and oxygen atoms in total. The number of carbonyl (C=O) groups is 3. The molecular formula is C21H19FN6O4S. The van der Waals surface area contributed by atoms with Crippen LogP contribution in [0, 0.1) is 5.82 Å². The predicted molar refractivity (Wildman–Crippen MR) is 117 cm³/mol. The van der Waals surface area contributed by atoms with Crippen molar-refractivity contribution in [3.63, 3.8) is 0 Å². The highest BCUT2D eigenvalue weighted by molar-refractivity contribution is 7.03. The second-order valence-electron chi connectivity index (χ2n) is 7.18. The van der Waals surface area contributed by atoms with Crippen LogP contribution in [0.1, 0.15) is 23.2 Å². The number of hydrogen-bond donors (Lipinski definition) is 2. The second kappa shape index (κ2) is 9.69. The van der Waals surface area contributed by atoms with Crippen LogP contribution in [0.3, 0.4) is 0 Å². The molecule has 1 aromatic carbocycles. The molecule has 0 saturated carbocycles. The molecule has 3 amide bonds. The smallest absolute Gasteiger partial charge is 0.414 e. The molecule has 3 heterocycles. The third kappa shape index (κ3) is 5.29. The van der Waals surface area contributed by atoms with Gasteiger partial charge in [-0.25, -0.2) is 14.2 Å². The molecule has 33 heavy (non-hydrogen) atoms. The summed E-state index contributed by atoms with van der Waals surface area (Å²) in [6.07, 6.45) is 0.280. The second-order valence-corrected chi connectivity index (χ2v) is 7.78. The van der Waals surface area contributed by atoms with Crippen LogP contribution in [-0.2, 0) is 16.1 Å². The van der Waals surface area contributed by atoms with Crippen LogP contribution in [0.15, 0.2) is 42.0 Å². The molecule has 0 radical (unpaired) electrons. The van der Waals surface area contributed by atoms with E-state index in [-0.39, 0.29) is 36.8 Å². The first kappa shape index (κ1) is 22.3. The number of hydrogen-bond acceptors (Lipinski definition) is 8. The number of carbonyl (C=O) groups excluding carboxylic acids is 3. The normalized spacial score (nSPS) is 15.3. The molecule has 0 aliphatic carbocycles. The number of cyclic esters (lactones) is 1. The van der Waals surface area contributed by atoms with Gasteiger partial charge in [-0.1, -0.05) is 6.07 Å². The van der Waals surface area contributed by atoms with E-state index in [1.807, 2.05) is 0 Å². The van der Waals surface area contributed by atoms with Gasteiger partial charge in [-0.3, -0.25) is 19.5 Å². The van der Waals surface area contributed by atoms with Crippen molar-refractivity contribution in [2.75, 3.05) is 18.0 Å². The standard InChI is InChI=1S/C21H19FN6O4S/c1-12(29)23-8-15-10-28(21(31)32-15)14-3-4-16(17(22)6-14)13-2-5-18(24-7-13)20(30)25-9-19-26-11-33-27-19/h2-7,11,15H,8-10H2,1H3,(H,23,29)(H,25,30)/t15-/m0/s1. The zero-order valence-corrected chi connectivity index (χ0v) is 18.3. The van der Waals surface area contributed by atoms with Gasteiger partial charge in [-0.15, -0.1) is 0 Å². The molecule has 2 N–H and O–H groups in total. The molecule has 1 atom stereocenters. The van der Waals surface area contributed by atoms with Crippen molar-refractivity contribution in [2.24, 2.45) is 0 Å². The van der Waals surface area contributed by atoms with Crippen LogP contribution >= 0.6 is 11.5 Å². The molecule has 1 aliphatic rings. The van der Waals surface area contributed by atoms with Crippen molar-refractivity contribution in [1.82, 2.24) is 25.0 Å². The summed E-state index contributed by atoms with van der Waals surface area (Å²) < 4.78 is 24.1. The van der Waals surface area contributed by atoms with Crippen LogP contribution in [0.25, 0.3) is 11.1 Å². The van der Waals surface area contributed by atoms with Gasteiger partial charge in [0.15, 0.2) is 5.82 Å². The van der Waals surface area contributed by atoms with Crippen molar-refractivity contribution in [1.29, 1.82) is 0 Å². The Morgan fingerprint density at radius 2 is 2.09 bits per heavy atom. The monoisotopic (exact) mass is 470 g/mol. The zero-order chi connectivity index (χ0) is 23.4. The van der Waals surface area contributed by atoms with E-state index in [0.29, 0.717) is 17.1 Å². The summed E-state index contributed by atoms with van der Waals surface area (Å²) in [4.78, 5) is 44.8. The summed E-state index contributed by atoms with van der Waals surface area (Å²) in [7, 11) is 0. The van der Waals surface area contributed by atoms with Crippen molar-refractivity contribution in [2.45, 2.75) is 19.6 Å². The molecule has 0 unspecified atom stereocenters. The van der Waals surface area contributed by atoms with Crippen LogP contribution in [0.2, 0.25) is 0 Å². The minimum Gasteiger partial charge on any atom is -0.442 e. The Morgan fingerprint density at radius 1 is 1.24 bits per heavy atom. The highest BCUT2D eigenvalue weighted by atomic mass is 32.1. The van der Waals surface area contributed by atoms with Crippen LogP contribution in [0.5, 0.6) is 0 Å². The number of anilines is 1. The van der Waals surface area contributed by atoms with Gasteiger partial charge < -0.3 is 15.4 Å². The minimum atomic E-state index is -0.609. The van der Waals surface area contributed by atoms with Crippen LogP contribution < -0.4 is 15.5 Å². The molecule has 4 rings (SSSR count). The van der Waals surface area contributed by atoms with Gasteiger partial charge in [0.25, 0.3) is 5.91 Å². The van der Waals surface area contributed by atoms with Gasteiger partial charge in [0.1, 0.15) is 23.1 Å². The van der Waals surface area contributed by atoms with E-state index in [9.17, 15) is 18.8 Å². The molecule has 3 aromatic rings. The first-order valence-corrected chi connectivity index (χ1v) is 10.8. The Labute approximate surface area is 192 Å². The topological polar surface area (TPSA) is 126 Å². The highest BCUT2D eigenvalue weighted by Gasteiger charge is 2.32. The van der Waals surface area contributed by atoms with Gasteiger partial charge in [0.05, 0.1) is 25.3 Å². The largest absolute Gasteiger partial charge is 0.442 e. The average molecular weight is 470 g/mol. The molecule has 0 bridgehead atoms. The molecule has 170 valence electrons. The molecular weight excluding hydrogens is 451 g/mol. The number of aromatic nitrogens is 3. The van der Waals surface area contributed by atoms with Crippen molar-refractivity contribution >= 4 is 35.1 Å². The number of nitrogens with one attached hydrogen (secondary N) is 2. The van der Waals surface area contributed by atoms with E-state index < -0.39 is 23.9 Å². The van der Waals surface area contributed by atoms with E-state index in [1.165, 1.54) is 47.8 Å². The lowest BCUT2D eigenvalue weighted by atomic mass is 10.1. The van der Waals surface area contributed by atoms with Gasteiger partial charge in [-0.05, 0) is 35.8 Å². The number of nitrogens with zero attached hydrogens (tertiary/aromatic N) is 4. The minimum absolute atomic E-state index is 0.177. The average Bonchev–Trinajstić information content (AvgIpc) is 3.45. The Morgan fingerprint density at radius 3 is 2.76 bits per heavy atom. The zero-order valence-electron chi connectivity index (χ0n) is 17.4. The Balaban J connectivity index is 1.42. The maximum Gasteiger partial charge on any atom is 0.414 e. The number of amides is 3. The summed E-state index contributed by atoms with van der Waals surface area (Å²) in [5.41, 5.74) is 2.84. The van der Waals surface area contributed by atoms with E-state index >= 15 is 0 Å². The van der Waals surface area contributed by atoms with Crippen molar-refractivity contribution in [3.05, 3.63) is 59.4 Å². The number of benzene rings is 1. The Bertz CT molecular complexity index is 1170. The van der Waals surface area contributed by atoms with Gasteiger partial charge >= 0.3 is 6.09 Å². The summed E-state index contributed by atoms with van der Waals surface area (Å²) >= 11 is 1.19. The first-order valence-electron chi connectivity index (χ1n) is 9.92. The first-order chi connectivity index (χ1) is 15.9. The molecule has 0 spiro atoms. The summed E-state index contributed by atoms with van der Waals surface area (Å²) in [6, 6.07) is 7.45. The van der Waals surface area contributed by atoms with Crippen LogP contribution in [0.4, 0.5) is 14.9 Å². The molecule has 1 fully saturated rings. The Kier molecular flexibility index (Phi) is 6.54. The lowest BCUT2D eigenvalue weighted by molar-refractivity contribution is -0.119. The SMILES string of the molecule is CC(=O)NC[C@H]1CN(c2ccc(-c3ccc(C(=O)NCc4ncsn4)nc3)c(F)c2)C(=O)O1. The van der Waals surface area contributed by atoms with Crippen molar-refractivity contribution in [3.8, 4) is 11.1 Å². The summed E-state index contributed by atoms with van der Waals surface area (Å²) in [5, 5.41) is 5.26. The maximum atomic E-state index is 14.8. The molecule has 1 aliphatic heterocycles. The fourth-order valence-electron chi connectivity index (χ4n) is 3.21. The highest BCUT2D eigenvalue weighted by Crippen LogP contribution is 2.28. The van der Waals surface area contributed by atoms with E-state index in [0.717, 1.165) is 0 Å². The quantitative estimate of drug-likeness (QED) is 0.542. The predicted octanol–water partition coefficient (Wildman–Crippen LogP) is 2.13. The third-order valence-corrected chi connectivity index (χ3v) is 5.35. The van der Waals surface area contributed by atoms with Gasteiger partial charge in [0, 0.05) is 24.2 Å². The van der Waals surface area contributed by atoms with Crippen molar-refractivity contribution < 1.29 is 23.5 Å². The molecule has 1 saturated heterocycles. The molecule has 2 aromatic heterocycles. The lowest BCUT2D eigenvalue weighted by Gasteiger charge is -2.14. The maximum absolute atomic E-state index is 14.8. The lowest BCUT2D eigenvalue weighted by Crippen LogP contribution is -2.33. The van der Waals surface area contributed by atoms with E-state index in [2.05, 4.69) is 25.0 Å². The fraction of sp³-hybridized carbons (Fsp3) is 0.238. The third-order valence-electron chi connectivity index (χ3n) is 4.84. The Hall–Kier alpha value is -3.93. The van der Waals surface area contributed by atoms with Crippen LogP contribution in [-0.4, -0.2) is 51.4 Å². The summed E-state index contributed by atoms with van der Waals surface area (Å²) in [5.74, 6) is -0.670. The number of halogens is 1. The van der Waals surface area contributed by atoms with E-state index in [4.69, 9.17) is 4.74 Å². The number of ether oxygens (including phenoxy) is 1. The molecule has 12 heteroatoms. The van der Waals surface area contributed by atoms with Gasteiger partial charge in [-0.2, -0.15) is 4.37 Å². The number of pyridine rings is 1. The van der Waals surface area contributed by atoms with E-state index in [1.54, 1.807) is 17.6 Å². The van der Waals surface area contributed by atoms with Gasteiger partial charge in [0.2, 0.25) is 5.91 Å². The fourth-order valence-corrected chi connectivity index (χ4v) is 3.66. The summed E-state index contributed by atoms with van der Waals surface area (Å²) in [6.45, 7) is 1.94.